The lowest BCUT2D eigenvalue weighted by Crippen LogP contribution is -2.17. The van der Waals surface area contributed by atoms with Gasteiger partial charge in [-0.3, -0.25) is 0 Å². The minimum atomic E-state index is 0.405. The van der Waals surface area contributed by atoms with Gasteiger partial charge in [-0.1, -0.05) is 43.7 Å². The lowest BCUT2D eigenvalue weighted by molar-refractivity contribution is 0.578. The molecule has 0 aliphatic carbocycles. The van der Waals surface area contributed by atoms with Crippen LogP contribution >= 0.6 is 11.3 Å². The van der Waals surface area contributed by atoms with Crippen LogP contribution in [0.25, 0.3) is 0 Å². The molecule has 1 unspecified atom stereocenters. The number of hydrogen-bond acceptors (Lipinski definition) is 2. The second-order valence-corrected chi connectivity index (χ2v) is 5.71. The van der Waals surface area contributed by atoms with Crippen LogP contribution in [-0.4, -0.2) is 0 Å². The Bertz CT molecular complexity index is 444. The first-order valence-electron chi connectivity index (χ1n) is 6.64. The summed E-state index contributed by atoms with van der Waals surface area (Å²) in [5, 5.41) is 5.69. The molecule has 1 aromatic heterocycles. The monoisotopic (exact) mass is 259 g/mol. The molecule has 0 spiro atoms. The quantitative estimate of drug-likeness (QED) is 0.802. The highest BCUT2D eigenvalue weighted by atomic mass is 32.1. The molecule has 0 saturated heterocycles. The standard InChI is InChI=1S/C16H21NS/c1-3-5-14-7-9-15(10-8-14)13(2)17-12-16-6-4-11-18-16/h4,6-11,13,17H,3,5,12H2,1-2H3. The topological polar surface area (TPSA) is 12.0 Å². The van der Waals surface area contributed by atoms with E-state index in [2.05, 4.69) is 60.9 Å². The Kier molecular flexibility index (Phi) is 4.97. The highest BCUT2D eigenvalue weighted by Gasteiger charge is 2.05. The van der Waals surface area contributed by atoms with E-state index in [1.807, 2.05) is 0 Å². The van der Waals surface area contributed by atoms with Gasteiger partial charge in [0, 0.05) is 17.5 Å². The van der Waals surface area contributed by atoms with Crippen LogP contribution in [0.5, 0.6) is 0 Å². The molecular formula is C16H21NS. The third-order valence-corrected chi connectivity index (χ3v) is 4.06. The number of thiophene rings is 1. The largest absolute Gasteiger partial charge is 0.305 e. The predicted molar refractivity (Wildman–Crippen MR) is 80.0 cm³/mol. The van der Waals surface area contributed by atoms with Gasteiger partial charge in [0.2, 0.25) is 0 Å². The lowest BCUT2D eigenvalue weighted by atomic mass is 10.0. The average molecular weight is 259 g/mol. The zero-order valence-electron chi connectivity index (χ0n) is 11.1. The molecule has 2 aromatic rings. The summed E-state index contributed by atoms with van der Waals surface area (Å²) < 4.78 is 0. The molecular weight excluding hydrogens is 238 g/mol. The minimum absolute atomic E-state index is 0.405. The summed E-state index contributed by atoms with van der Waals surface area (Å²) in [5.41, 5.74) is 2.80. The van der Waals surface area contributed by atoms with Crippen molar-refractivity contribution < 1.29 is 0 Å². The van der Waals surface area contributed by atoms with Gasteiger partial charge in [-0.2, -0.15) is 0 Å². The molecule has 0 saturated carbocycles. The van der Waals surface area contributed by atoms with E-state index in [9.17, 15) is 0 Å². The van der Waals surface area contributed by atoms with Crippen LogP contribution in [0.1, 0.15) is 42.3 Å². The predicted octanol–water partition coefficient (Wildman–Crippen LogP) is 4.55. The smallest absolute Gasteiger partial charge is 0.0305 e. The Hall–Kier alpha value is -1.12. The number of nitrogens with one attached hydrogen (secondary N) is 1. The molecule has 0 fully saturated rings. The van der Waals surface area contributed by atoms with Crippen LogP contribution in [0.3, 0.4) is 0 Å². The van der Waals surface area contributed by atoms with Crippen molar-refractivity contribution in [2.75, 3.05) is 0 Å². The molecule has 1 nitrogen and oxygen atoms in total. The Morgan fingerprint density at radius 3 is 2.56 bits per heavy atom. The summed E-state index contributed by atoms with van der Waals surface area (Å²) in [6, 6.07) is 13.7. The third-order valence-electron chi connectivity index (χ3n) is 3.18. The maximum absolute atomic E-state index is 3.56. The fourth-order valence-corrected chi connectivity index (χ4v) is 2.70. The van der Waals surface area contributed by atoms with E-state index in [4.69, 9.17) is 0 Å². The molecule has 96 valence electrons. The van der Waals surface area contributed by atoms with E-state index >= 15 is 0 Å². The highest BCUT2D eigenvalue weighted by molar-refractivity contribution is 7.09. The first-order valence-corrected chi connectivity index (χ1v) is 7.52. The van der Waals surface area contributed by atoms with Crippen molar-refractivity contribution in [1.29, 1.82) is 0 Å². The lowest BCUT2D eigenvalue weighted by Gasteiger charge is -2.14. The number of benzene rings is 1. The molecule has 2 rings (SSSR count). The summed E-state index contributed by atoms with van der Waals surface area (Å²) in [4.78, 5) is 1.39. The van der Waals surface area contributed by atoms with E-state index in [1.165, 1.54) is 28.8 Å². The second-order valence-electron chi connectivity index (χ2n) is 4.67. The SMILES string of the molecule is CCCc1ccc(C(C)NCc2cccs2)cc1. The van der Waals surface area contributed by atoms with Crippen molar-refractivity contribution in [1.82, 2.24) is 5.32 Å². The van der Waals surface area contributed by atoms with E-state index in [0.717, 1.165) is 6.54 Å². The summed E-state index contributed by atoms with van der Waals surface area (Å²) in [5.74, 6) is 0. The molecule has 18 heavy (non-hydrogen) atoms. The van der Waals surface area contributed by atoms with Crippen LogP contribution in [0, 0.1) is 0 Å². The summed E-state index contributed by atoms with van der Waals surface area (Å²) in [6.45, 7) is 5.40. The van der Waals surface area contributed by atoms with Crippen molar-refractivity contribution in [3.05, 3.63) is 57.8 Å². The fraction of sp³-hybridized carbons (Fsp3) is 0.375. The summed E-state index contributed by atoms with van der Waals surface area (Å²) in [7, 11) is 0. The third kappa shape index (κ3) is 3.69. The van der Waals surface area contributed by atoms with Gasteiger partial charge in [-0.05, 0) is 35.9 Å². The molecule has 0 aliphatic rings. The average Bonchev–Trinajstić information content (AvgIpc) is 2.90. The minimum Gasteiger partial charge on any atom is -0.305 e. The van der Waals surface area contributed by atoms with Crippen molar-refractivity contribution >= 4 is 11.3 Å². The Balaban J connectivity index is 1.89. The normalized spacial score (nSPS) is 12.6. The van der Waals surface area contributed by atoms with Crippen molar-refractivity contribution in [3.8, 4) is 0 Å². The van der Waals surface area contributed by atoms with E-state index in [1.54, 1.807) is 11.3 Å². The van der Waals surface area contributed by atoms with E-state index in [0.29, 0.717) is 6.04 Å². The molecule has 1 atom stereocenters. The molecule has 0 aliphatic heterocycles. The number of hydrogen-bond donors (Lipinski definition) is 1. The Labute approximate surface area is 114 Å². The summed E-state index contributed by atoms with van der Waals surface area (Å²) in [6.07, 6.45) is 2.39. The first kappa shape index (κ1) is 13.3. The first-order chi connectivity index (χ1) is 8.79. The zero-order valence-corrected chi connectivity index (χ0v) is 12.0. The van der Waals surface area contributed by atoms with Gasteiger partial charge in [-0.15, -0.1) is 11.3 Å². The summed E-state index contributed by atoms with van der Waals surface area (Å²) >= 11 is 1.81. The van der Waals surface area contributed by atoms with Gasteiger partial charge >= 0.3 is 0 Å². The van der Waals surface area contributed by atoms with E-state index in [-0.39, 0.29) is 0 Å². The zero-order chi connectivity index (χ0) is 12.8. The highest BCUT2D eigenvalue weighted by Crippen LogP contribution is 2.16. The van der Waals surface area contributed by atoms with Crippen LogP contribution in [0.4, 0.5) is 0 Å². The van der Waals surface area contributed by atoms with Crippen molar-refractivity contribution in [3.63, 3.8) is 0 Å². The second kappa shape index (κ2) is 6.72. The molecule has 0 bridgehead atoms. The van der Waals surface area contributed by atoms with Gasteiger partial charge < -0.3 is 5.32 Å². The van der Waals surface area contributed by atoms with Crippen molar-refractivity contribution in [2.24, 2.45) is 0 Å². The maximum Gasteiger partial charge on any atom is 0.0305 e. The molecule has 1 N–H and O–H groups in total. The maximum atomic E-state index is 3.56. The molecule has 0 amide bonds. The number of aryl methyl sites for hydroxylation is 1. The van der Waals surface area contributed by atoms with Crippen molar-refractivity contribution in [2.45, 2.75) is 39.3 Å². The van der Waals surface area contributed by atoms with Gasteiger partial charge in [-0.25, -0.2) is 0 Å². The van der Waals surface area contributed by atoms with Crippen LogP contribution in [0.2, 0.25) is 0 Å². The van der Waals surface area contributed by atoms with Crippen LogP contribution < -0.4 is 5.32 Å². The van der Waals surface area contributed by atoms with Crippen LogP contribution in [-0.2, 0) is 13.0 Å². The Morgan fingerprint density at radius 1 is 1.17 bits per heavy atom. The van der Waals surface area contributed by atoms with Gasteiger partial charge in [0.1, 0.15) is 0 Å². The fourth-order valence-electron chi connectivity index (χ4n) is 2.05. The van der Waals surface area contributed by atoms with Gasteiger partial charge in [0.05, 0.1) is 0 Å². The van der Waals surface area contributed by atoms with E-state index < -0.39 is 0 Å². The van der Waals surface area contributed by atoms with Gasteiger partial charge in [0.15, 0.2) is 0 Å². The Morgan fingerprint density at radius 2 is 1.94 bits per heavy atom. The van der Waals surface area contributed by atoms with Gasteiger partial charge in [0.25, 0.3) is 0 Å². The molecule has 2 heteroatoms. The van der Waals surface area contributed by atoms with Crippen LogP contribution in [0.15, 0.2) is 41.8 Å². The molecule has 1 heterocycles. The molecule has 1 aromatic carbocycles. The molecule has 0 radical (unpaired) electrons. The number of rotatable bonds is 6.